The van der Waals surface area contributed by atoms with E-state index in [1.54, 1.807) is 42.5 Å². The molecule has 1 amide bonds. The predicted octanol–water partition coefficient (Wildman–Crippen LogP) is 4.10. The van der Waals surface area contributed by atoms with E-state index in [4.69, 9.17) is 0 Å². The van der Waals surface area contributed by atoms with E-state index >= 15 is 0 Å². The summed E-state index contributed by atoms with van der Waals surface area (Å²) in [6.45, 7) is 10.8. The number of nitrogens with zero attached hydrogens (tertiary/aromatic N) is 1. The lowest BCUT2D eigenvalue weighted by Gasteiger charge is -2.41. The summed E-state index contributed by atoms with van der Waals surface area (Å²) in [7, 11) is -3.68. The van der Waals surface area contributed by atoms with Gasteiger partial charge in [-0.25, -0.2) is 8.42 Å². The van der Waals surface area contributed by atoms with Crippen molar-refractivity contribution in [2.45, 2.75) is 57.4 Å². The molecule has 0 aromatic heterocycles. The molecule has 1 saturated heterocycles. The van der Waals surface area contributed by atoms with E-state index in [1.807, 2.05) is 13.8 Å². The minimum atomic E-state index is -3.68. The first-order chi connectivity index (χ1) is 14.6. The molecule has 2 N–H and O–H groups in total. The number of amides is 1. The van der Waals surface area contributed by atoms with Crippen LogP contribution >= 0.6 is 0 Å². The van der Waals surface area contributed by atoms with Gasteiger partial charge in [0.05, 0.1) is 4.90 Å². The van der Waals surface area contributed by atoms with Crippen LogP contribution in [0.2, 0.25) is 0 Å². The summed E-state index contributed by atoms with van der Waals surface area (Å²) in [5.74, 6) is -0.159. The van der Waals surface area contributed by atoms with Crippen molar-refractivity contribution in [2.75, 3.05) is 24.4 Å². The van der Waals surface area contributed by atoms with Gasteiger partial charge in [-0.05, 0) is 101 Å². The molecule has 168 valence electrons. The van der Waals surface area contributed by atoms with Gasteiger partial charge in [-0.3, -0.25) is 14.4 Å². The van der Waals surface area contributed by atoms with Crippen molar-refractivity contribution in [2.24, 2.45) is 0 Å². The van der Waals surface area contributed by atoms with Crippen LogP contribution in [-0.4, -0.2) is 44.4 Å². The van der Waals surface area contributed by atoms with Crippen molar-refractivity contribution in [1.29, 1.82) is 0 Å². The van der Waals surface area contributed by atoms with Crippen molar-refractivity contribution >= 4 is 21.6 Å². The molecule has 2 aromatic carbocycles. The zero-order chi connectivity index (χ0) is 22.6. The van der Waals surface area contributed by atoms with Gasteiger partial charge < -0.3 is 5.32 Å². The zero-order valence-corrected chi connectivity index (χ0v) is 19.7. The number of hydrogen-bond acceptors (Lipinski definition) is 4. The Labute approximate surface area is 186 Å². The summed E-state index contributed by atoms with van der Waals surface area (Å²) in [5, 5.41) is 3.02. The smallest absolute Gasteiger partial charge is 0.261 e. The van der Waals surface area contributed by atoms with E-state index in [1.165, 1.54) is 19.3 Å². The molecule has 0 spiro atoms. The first-order valence-corrected chi connectivity index (χ1v) is 12.3. The number of rotatable bonds is 7. The first-order valence-electron chi connectivity index (χ1n) is 10.8. The molecule has 31 heavy (non-hydrogen) atoms. The average Bonchev–Trinajstić information content (AvgIpc) is 2.75. The van der Waals surface area contributed by atoms with E-state index in [9.17, 15) is 13.2 Å². The van der Waals surface area contributed by atoms with Gasteiger partial charge in [0.1, 0.15) is 0 Å². The summed E-state index contributed by atoms with van der Waals surface area (Å²) in [6.07, 6.45) is 3.69. The van der Waals surface area contributed by atoms with Gasteiger partial charge in [0.2, 0.25) is 0 Å². The van der Waals surface area contributed by atoms with Crippen LogP contribution in [0.5, 0.6) is 0 Å². The molecule has 1 aliphatic heterocycles. The van der Waals surface area contributed by atoms with Gasteiger partial charge in [-0.15, -0.1) is 0 Å². The van der Waals surface area contributed by atoms with Gasteiger partial charge in [-0.2, -0.15) is 0 Å². The quantitative estimate of drug-likeness (QED) is 0.675. The highest BCUT2D eigenvalue weighted by Crippen LogP contribution is 2.21. The minimum absolute atomic E-state index is 0.0994. The lowest BCUT2D eigenvalue weighted by molar-refractivity contribution is 0.0797. The average molecular weight is 444 g/mol. The number of benzene rings is 2. The molecular weight excluding hydrogens is 410 g/mol. The van der Waals surface area contributed by atoms with Crippen LogP contribution in [0.4, 0.5) is 5.69 Å². The molecule has 6 nitrogen and oxygen atoms in total. The first kappa shape index (κ1) is 23.3. The standard InChI is InChI=1S/C24H33N3O3S/c1-18-8-13-22(16-19(18)2)31(29,30)26-21-11-9-20(10-12-21)23(28)25-17-24(3,4)27-14-6-5-7-15-27/h8-13,16,26H,5-7,14-15,17H2,1-4H3,(H,25,28). The Morgan fingerprint density at radius 2 is 1.61 bits per heavy atom. The molecular formula is C24H33N3O3S. The molecule has 0 saturated carbocycles. The number of nitrogens with one attached hydrogen (secondary N) is 2. The fourth-order valence-corrected chi connectivity index (χ4v) is 4.94. The largest absolute Gasteiger partial charge is 0.350 e. The maximum absolute atomic E-state index is 12.7. The Hall–Kier alpha value is -2.38. The molecule has 1 aliphatic rings. The number of piperidine rings is 1. The molecule has 1 fully saturated rings. The highest BCUT2D eigenvalue weighted by atomic mass is 32.2. The molecule has 0 unspecified atom stereocenters. The molecule has 0 atom stereocenters. The van der Waals surface area contributed by atoms with E-state index < -0.39 is 10.0 Å². The summed E-state index contributed by atoms with van der Waals surface area (Å²) in [5.41, 5.74) is 2.78. The maximum atomic E-state index is 12.7. The Morgan fingerprint density at radius 3 is 2.23 bits per heavy atom. The minimum Gasteiger partial charge on any atom is -0.350 e. The van der Waals surface area contributed by atoms with Crippen LogP contribution in [0.25, 0.3) is 0 Å². The third kappa shape index (κ3) is 5.86. The Bertz CT molecular complexity index is 1020. The van der Waals surface area contributed by atoms with E-state index in [2.05, 4.69) is 28.8 Å². The van der Waals surface area contributed by atoms with Crippen LogP contribution in [0, 0.1) is 13.8 Å². The number of carbonyl (C=O) groups is 1. The van der Waals surface area contributed by atoms with Gasteiger partial charge in [0.25, 0.3) is 15.9 Å². The van der Waals surface area contributed by atoms with Crippen LogP contribution in [-0.2, 0) is 10.0 Å². The Balaban J connectivity index is 1.61. The van der Waals surface area contributed by atoms with Crippen LogP contribution < -0.4 is 10.0 Å². The highest BCUT2D eigenvalue weighted by Gasteiger charge is 2.28. The molecule has 7 heteroatoms. The third-order valence-electron chi connectivity index (χ3n) is 6.08. The SMILES string of the molecule is Cc1ccc(S(=O)(=O)Nc2ccc(C(=O)NCC(C)(C)N3CCCCC3)cc2)cc1C. The Kier molecular flexibility index (Phi) is 7.06. The normalized spacial score (nSPS) is 15.5. The van der Waals surface area contributed by atoms with Crippen LogP contribution in [0.1, 0.15) is 54.6 Å². The fourth-order valence-electron chi connectivity index (χ4n) is 3.79. The molecule has 0 aliphatic carbocycles. The third-order valence-corrected chi connectivity index (χ3v) is 7.46. The molecule has 0 bridgehead atoms. The lowest BCUT2D eigenvalue weighted by Crippen LogP contribution is -2.53. The molecule has 2 aromatic rings. The van der Waals surface area contributed by atoms with E-state index in [-0.39, 0.29) is 16.3 Å². The summed E-state index contributed by atoms with van der Waals surface area (Å²) >= 11 is 0. The maximum Gasteiger partial charge on any atom is 0.261 e. The van der Waals surface area contributed by atoms with Crippen molar-refractivity contribution in [3.63, 3.8) is 0 Å². The number of sulfonamides is 1. The van der Waals surface area contributed by atoms with Crippen molar-refractivity contribution in [3.05, 3.63) is 59.2 Å². The highest BCUT2D eigenvalue weighted by molar-refractivity contribution is 7.92. The van der Waals surface area contributed by atoms with Crippen LogP contribution in [0.15, 0.2) is 47.4 Å². The second-order valence-electron chi connectivity index (χ2n) is 8.97. The van der Waals surface area contributed by atoms with Gasteiger partial charge in [-0.1, -0.05) is 12.5 Å². The van der Waals surface area contributed by atoms with Gasteiger partial charge >= 0.3 is 0 Å². The second kappa shape index (κ2) is 9.40. The number of carbonyl (C=O) groups excluding carboxylic acids is 1. The van der Waals surface area contributed by atoms with E-state index in [0.29, 0.717) is 17.8 Å². The number of hydrogen-bond donors (Lipinski definition) is 2. The topological polar surface area (TPSA) is 78.5 Å². The number of anilines is 1. The monoisotopic (exact) mass is 443 g/mol. The van der Waals surface area contributed by atoms with Crippen molar-refractivity contribution < 1.29 is 13.2 Å². The summed E-state index contributed by atoms with van der Waals surface area (Å²) in [4.78, 5) is 15.2. The number of aryl methyl sites for hydroxylation is 2. The molecule has 0 radical (unpaired) electrons. The van der Waals surface area contributed by atoms with Gasteiger partial charge in [0.15, 0.2) is 0 Å². The number of likely N-dealkylation sites (tertiary alicyclic amines) is 1. The van der Waals surface area contributed by atoms with Gasteiger partial charge in [0, 0.05) is 23.3 Å². The summed E-state index contributed by atoms with van der Waals surface area (Å²) < 4.78 is 27.9. The second-order valence-corrected chi connectivity index (χ2v) is 10.7. The van der Waals surface area contributed by atoms with Crippen molar-refractivity contribution in [3.8, 4) is 0 Å². The lowest BCUT2D eigenvalue weighted by atomic mass is 9.98. The Morgan fingerprint density at radius 1 is 0.968 bits per heavy atom. The van der Waals surface area contributed by atoms with E-state index in [0.717, 1.165) is 24.2 Å². The zero-order valence-electron chi connectivity index (χ0n) is 18.9. The van der Waals surface area contributed by atoms with Crippen molar-refractivity contribution in [1.82, 2.24) is 10.2 Å². The van der Waals surface area contributed by atoms with Crippen LogP contribution in [0.3, 0.4) is 0 Å². The predicted molar refractivity (Wildman–Crippen MR) is 125 cm³/mol. The molecule has 1 heterocycles. The summed E-state index contributed by atoms with van der Waals surface area (Å²) in [6, 6.07) is 11.6. The molecule has 3 rings (SSSR count). The fraction of sp³-hybridized carbons (Fsp3) is 0.458.